The van der Waals surface area contributed by atoms with E-state index in [0.29, 0.717) is 0 Å². The quantitative estimate of drug-likeness (QED) is 0.446. The smallest absolute Gasteiger partial charge is 0.403 e. The van der Waals surface area contributed by atoms with Crippen LogP contribution in [-0.2, 0) is 9.51 Å². The van der Waals surface area contributed by atoms with Gasteiger partial charge in [-0.15, -0.1) is 0 Å². The normalized spacial score (nSPS) is 9.62. The number of benzene rings is 1. The van der Waals surface area contributed by atoms with Gasteiger partial charge in [0.25, 0.3) is 0 Å². The van der Waals surface area contributed by atoms with Gasteiger partial charge < -0.3 is 14.4 Å². The van der Waals surface area contributed by atoms with Gasteiger partial charge in [0.05, 0.1) is 0 Å². The van der Waals surface area contributed by atoms with Gasteiger partial charge >= 0.3 is 13.0 Å². The summed E-state index contributed by atoms with van der Waals surface area (Å²) in [6.07, 6.45) is 0. The van der Waals surface area contributed by atoms with Crippen LogP contribution in [0.1, 0.15) is 0 Å². The average Bonchev–Trinajstić information content (AvgIpc) is 2.29. The third kappa shape index (κ3) is 3.64. The maximum atomic E-state index is 11.2. The Bertz CT molecular complexity index is 402. The minimum atomic E-state index is -2.25. The molecular formula is C7H5BClFN2O4. The number of rotatable bonds is 5. The molecule has 0 aliphatic carbocycles. The Balaban J connectivity index is 2.50. The van der Waals surface area contributed by atoms with E-state index in [9.17, 15) is 9.55 Å². The zero-order valence-electron chi connectivity index (χ0n) is 7.80. The molecular weight excluding hydrogens is 241 g/mol. The first-order valence-electron chi connectivity index (χ1n) is 3.99. The predicted octanol–water partition coefficient (Wildman–Crippen LogP) is 1.42. The highest BCUT2D eigenvalue weighted by atomic mass is 35.5. The van der Waals surface area contributed by atoms with Crippen molar-refractivity contribution in [3.05, 3.63) is 28.2 Å². The second-order valence-corrected chi connectivity index (χ2v) is 2.93. The van der Waals surface area contributed by atoms with Crippen molar-refractivity contribution >= 4 is 24.6 Å². The summed E-state index contributed by atoms with van der Waals surface area (Å²) in [4.78, 5) is 5.71. The molecule has 0 fully saturated rings. The second kappa shape index (κ2) is 6.24. The van der Waals surface area contributed by atoms with E-state index < -0.39 is 14.1 Å². The van der Waals surface area contributed by atoms with Crippen molar-refractivity contribution in [1.29, 1.82) is 5.39 Å². The highest BCUT2D eigenvalue weighted by Gasteiger charge is 2.12. The first-order chi connectivity index (χ1) is 7.67. The molecule has 0 N–H and O–H groups in total. The van der Waals surface area contributed by atoms with Gasteiger partial charge in [0.15, 0.2) is 11.8 Å². The van der Waals surface area contributed by atoms with E-state index in [1.165, 1.54) is 18.2 Å². The zero-order chi connectivity index (χ0) is 12.0. The van der Waals surface area contributed by atoms with Crippen molar-refractivity contribution in [3.63, 3.8) is 0 Å². The molecule has 0 aromatic heterocycles. The molecule has 0 radical (unpaired) electrons. The fraction of sp³-hybridized carbons (Fsp3) is 0.143. The third-order valence-electron chi connectivity index (χ3n) is 1.53. The Morgan fingerprint density at radius 1 is 1.56 bits per heavy atom. The molecule has 0 saturated heterocycles. The molecule has 6 nitrogen and oxygen atoms in total. The lowest BCUT2D eigenvalue weighted by atomic mass is 10.3. The fourth-order valence-electron chi connectivity index (χ4n) is 0.842. The Kier molecular flexibility index (Phi) is 4.95. The lowest BCUT2D eigenvalue weighted by Gasteiger charge is -2.13. The van der Waals surface area contributed by atoms with Gasteiger partial charge in [-0.05, 0) is 6.07 Å². The molecule has 0 atom stereocenters. The molecule has 0 heterocycles. The number of ether oxygens (including phenoxy) is 1. The van der Waals surface area contributed by atoms with Gasteiger partial charge in [-0.25, -0.2) is 4.86 Å². The van der Waals surface area contributed by atoms with Crippen molar-refractivity contribution in [2.45, 2.75) is 0 Å². The maximum Gasteiger partial charge on any atom is 0.403 e. The largest absolute Gasteiger partial charge is 0.829 e. The van der Waals surface area contributed by atoms with Crippen LogP contribution in [0.3, 0.4) is 0 Å². The van der Waals surface area contributed by atoms with E-state index in [4.69, 9.17) is 21.7 Å². The van der Waals surface area contributed by atoms with E-state index in [-0.39, 0.29) is 16.5 Å². The van der Waals surface area contributed by atoms with E-state index in [1.807, 2.05) is 0 Å². The highest BCUT2D eigenvalue weighted by Crippen LogP contribution is 2.28. The van der Waals surface area contributed by atoms with E-state index >= 15 is 0 Å². The van der Waals surface area contributed by atoms with E-state index in [1.54, 1.807) is 0 Å². The van der Waals surface area contributed by atoms with Crippen LogP contribution < -0.4 is 9.76 Å². The molecule has 0 bridgehead atoms. The Hall–Kier alpha value is -1.40. The van der Waals surface area contributed by atoms with Gasteiger partial charge in [0.1, 0.15) is 10.8 Å². The van der Waals surface area contributed by atoms with Crippen molar-refractivity contribution < 1.29 is 23.8 Å². The summed E-state index contributed by atoms with van der Waals surface area (Å²) >= 11 is 5.68. The molecule has 9 heteroatoms. The van der Waals surface area contributed by atoms with Crippen LogP contribution in [0.2, 0.25) is 5.02 Å². The number of hydrogen-bond donors (Lipinski definition) is 0. The molecule has 1 rings (SSSR count). The van der Waals surface area contributed by atoms with Gasteiger partial charge in [0, 0.05) is 12.1 Å². The third-order valence-corrected chi connectivity index (χ3v) is 1.83. The van der Waals surface area contributed by atoms with Crippen LogP contribution >= 0.6 is 11.6 Å². The second-order valence-electron chi connectivity index (χ2n) is 2.52. The van der Waals surface area contributed by atoms with Crippen molar-refractivity contribution in [2.75, 3.05) is 6.79 Å². The molecule has 84 valence electrons. The molecule has 0 aliphatic rings. The van der Waals surface area contributed by atoms with Gasteiger partial charge in [-0.1, -0.05) is 16.1 Å². The summed E-state index contributed by atoms with van der Waals surface area (Å²) in [6, 6.07) is 4.16. The van der Waals surface area contributed by atoms with Crippen molar-refractivity contribution in [2.24, 2.45) is 0 Å². The van der Waals surface area contributed by atoms with Crippen LogP contribution in [0.4, 0.5) is 10.2 Å². The van der Waals surface area contributed by atoms with E-state index in [2.05, 4.69) is 14.5 Å². The summed E-state index contributed by atoms with van der Waals surface area (Å²) in [5, 5.41) is 18.9. The molecule has 16 heavy (non-hydrogen) atoms. The minimum Gasteiger partial charge on any atom is -0.829 e. The van der Waals surface area contributed by atoms with Crippen LogP contribution in [-0.4, -0.2) is 14.1 Å². The molecule has 1 aromatic rings. The number of halogens is 2. The van der Waals surface area contributed by atoms with Crippen molar-refractivity contribution in [1.82, 2.24) is 0 Å². The molecule has 0 spiro atoms. The number of nitrogens with zero attached hydrogens (tertiary/aromatic N) is 2. The SMILES string of the molecule is N#[N+]c1ccc(OCOB([O-])OF)cc1Cl. The minimum absolute atomic E-state index is 0.153. The van der Waals surface area contributed by atoms with Gasteiger partial charge in [-0.2, -0.15) is 0 Å². The predicted molar refractivity (Wildman–Crippen MR) is 50.7 cm³/mol. The maximum absolute atomic E-state index is 11.2. The molecule has 1 aromatic carbocycles. The Labute approximate surface area is 95.2 Å². The summed E-state index contributed by atoms with van der Waals surface area (Å²) in [5.74, 6) is 0.267. The van der Waals surface area contributed by atoms with E-state index in [0.717, 1.165) is 0 Å². The Morgan fingerprint density at radius 2 is 2.31 bits per heavy atom. The summed E-state index contributed by atoms with van der Waals surface area (Å²) in [7, 11) is -2.25. The molecule has 0 saturated carbocycles. The monoisotopic (exact) mass is 246 g/mol. The molecule has 0 amide bonds. The zero-order valence-corrected chi connectivity index (χ0v) is 8.56. The highest BCUT2D eigenvalue weighted by molar-refractivity contribution is 6.33. The van der Waals surface area contributed by atoms with Gasteiger partial charge in [-0.3, -0.25) is 0 Å². The first-order valence-corrected chi connectivity index (χ1v) is 4.37. The fourth-order valence-corrected chi connectivity index (χ4v) is 1.05. The topological polar surface area (TPSA) is 78.9 Å². The van der Waals surface area contributed by atoms with Crippen LogP contribution in [0.25, 0.3) is 4.98 Å². The summed E-state index contributed by atoms with van der Waals surface area (Å²) in [5.41, 5.74) is 0.170. The van der Waals surface area contributed by atoms with Crippen LogP contribution in [0, 0.1) is 5.39 Å². The first kappa shape index (κ1) is 12.7. The van der Waals surface area contributed by atoms with Crippen LogP contribution in [0.15, 0.2) is 18.2 Å². The molecule has 0 aliphatic heterocycles. The Morgan fingerprint density at radius 3 is 2.88 bits per heavy atom. The summed E-state index contributed by atoms with van der Waals surface area (Å²) < 4.78 is 20.3. The van der Waals surface area contributed by atoms with Crippen LogP contribution in [0.5, 0.6) is 5.75 Å². The summed E-state index contributed by atoms with van der Waals surface area (Å²) in [6.45, 7) is -0.496. The lowest BCUT2D eigenvalue weighted by molar-refractivity contribution is -0.289. The van der Waals surface area contributed by atoms with Crippen molar-refractivity contribution in [3.8, 4) is 5.75 Å². The average molecular weight is 246 g/mol. The number of diazo groups is 1. The molecule has 0 unspecified atom stereocenters. The standard InChI is InChI=1S/C7H5BClFN2O4/c9-6-3-5(1-2-7(6)12-11)14-4-15-8(13)16-10/h1-3H,4H2. The lowest BCUT2D eigenvalue weighted by Crippen LogP contribution is -2.36. The number of hydrogen-bond acceptors (Lipinski definition) is 5. The van der Waals surface area contributed by atoms with Gasteiger partial charge in [0.2, 0.25) is 5.39 Å².